The largest absolute Gasteiger partial charge is 0.330 e. The van der Waals surface area contributed by atoms with Crippen molar-refractivity contribution in [3.05, 3.63) is 88.5 Å². The van der Waals surface area contributed by atoms with E-state index in [-0.39, 0.29) is 5.92 Å². The van der Waals surface area contributed by atoms with Crippen molar-refractivity contribution in [2.24, 2.45) is 0 Å². The highest BCUT2D eigenvalue weighted by atomic mass is 15.1. The maximum Gasteiger partial charge on any atom is 0.116 e. The lowest BCUT2D eigenvalue weighted by atomic mass is 9.93. The molecule has 1 aromatic heterocycles. The van der Waals surface area contributed by atoms with Crippen molar-refractivity contribution in [2.45, 2.75) is 33.2 Å². The molecular weight excluding hydrogens is 294 g/mol. The average molecular weight is 315 g/mol. The Balaban J connectivity index is 1.96. The number of hydrogen-bond donors (Lipinski definition) is 0. The molecule has 3 rings (SSSR count). The Bertz CT molecular complexity index is 899. The molecule has 120 valence electrons. The SMILES string of the molecule is Cc1cccc([C@H](C)c2nccn2Cc2ccccc2C#N)c1C. The van der Waals surface area contributed by atoms with E-state index in [1.54, 1.807) is 0 Å². The van der Waals surface area contributed by atoms with Crippen molar-refractivity contribution in [1.82, 2.24) is 9.55 Å². The zero-order valence-corrected chi connectivity index (χ0v) is 14.3. The van der Waals surface area contributed by atoms with Gasteiger partial charge in [0.05, 0.1) is 18.2 Å². The van der Waals surface area contributed by atoms with Crippen LogP contribution in [0.1, 0.15) is 46.5 Å². The van der Waals surface area contributed by atoms with Crippen LogP contribution in [0, 0.1) is 25.2 Å². The van der Waals surface area contributed by atoms with Crippen LogP contribution in [-0.2, 0) is 6.54 Å². The number of rotatable bonds is 4. The Morgan fingerprint density at radius 3 is 2.71 bits per heavy atom. The minimum Gasteiger partial charge on any atom is -0.330 e. The number of nitrogens with zero attached hydrogens (tertiary/aromatic N) is 3. The molecule has 0 bridgehead atoms. The molecule has 1 heterocycles. The summed E-state index contributed by atoms with van der Waals surface area (Å²) in [6.07, 6.45) is 3.83. The van der Waals surface area contributed by atoms with Crippen LogP contribution < -0.4 is 0 Å². The first kappa shape index (κ1) is 16.0. The monoisotopic (exact) mass is 315 g/mol. The van der Waals surface area contributed by atoms with Gasteiger partial charge in [-0.1, -0.05) is 43.3 Å². The normalized spacial score (nSPS) is 11.9. The van der Waals surface area contributed by atoms with Crippen LogP contribution in [0.2, 0.25) is 0 Å². The zero-order chi connectivity index (χ0) is 17.1. The topological polar surface area (TPSA) is 41.6 Å². The van der Waals surface area contributed by atoms with Crippen molar-refractivity contribution in [3.63, 3.8) is 0 Å². The predicted octanol–water partition coefficient (Wildman–Crippen LogP) is 4.57. The van der Waals surface area contributed by atoms with Gasteiger partial charge in [0.15, 0.2) is 0 Å². The summed E-state index contributed by atoms with van der Waals surface area (Å²) < 4.78 is 2.14. The minimum absolute atomic E-state index is 0.203. The maximum absolute atomic E-state index is 9.30. The van der Waals surface area contributed by atoms with Gasteiger partial charge in [0.1, 0.15) is 5.82 Å². The Labute approximate surface area is 143 Å². The second-order valence-corrected chi connectivity index (χ2v) is 6.19. The molecule has 0 spiro atoms. The summed E-state index contributed by atoms with van der Waals surface area (Å²) in [5.41, 5.74) is 5.66. The molecule has 24 heavy (non-hydrogen) atoms. The van der Waals surface area contributed by atoms with Crippen LogP contribution in [0.3, 0.4) is 0 Å². The van der Waals surface area contributed by atoms with Gasteiger partial charge in [0.2, 0.25) is 0 Å². The van der Waals surface area contributed by atoms with E-state index in [0.717, 1.165) is 17.0 Å². The summed E-state index contributed by atoms with van der Waals surface area (Å²) in [6, 6.07) is 16.4. The van der Waals surface area contributed by atoms with Crippen molar-refractivity contribution < 1.29 is 0 Å². The van der Waals surface area contributed by atoms with Crippen molar-refractivity contribution in [1.29, 1.82) is 5.26 Å². The summed E-state index contributed by atoms with van der Waals surface area (Å²) in [7, 11) is 0. The van der Waals surface area contributed by atoms with Gasteiger partial charge in [-0.2, -0.15) is 5.26 Å². The number of hydrogen-bond acceptors (Lipinski definition) is 2. The molecule has 0 aliphatic rings. The van der Waals surface area contributed by atoms with Gasteiger partial charge in [-0.25, -0.2) is 4.98 Å². The standard InChI is InChI=1S/C21H21N3/c1-15-7-6-10-20(16(15)2)17(3)21-23-11-12-24(21)14-19-9-5-4-8-18(19)13-22/h4-12,17H,14H2,1-3H3/t17-/m0/s1. The third kappa shape index (κ3) is 2.96. The molecule has 0 saturated carbocycles. The third-order valence-electron chi connectivity index (χ3n) is 4.73. The molecule has 3 heteroatoms. The van der Waals surface area contributed by atoms with Crippen molar-refractivity contribution in [3.8, 4) is 6.07 Å². The second-order valence-electron chi connectivity index (χ2n) is 6.19. The lowest BCUT2D eigenvalue weighted by Gasteiger charge is -2.18. The molecular formula is C21H21N3. The van der Waals surface area contributed by atoms with Gasteiger partial charge in [-0.3, -0.25) is 0 Å². The van der Waals surface area contributed by atoms with Crippen LogP contribution >= 0.6 is 0 Å². The molecule has 0 N–H and O–H groups in total. The van der Waals surface area contributed by atoms with Gasteiger partial charge >= 0.3 is 0 Å². The third-order valence-corrected chi connectivity index (χ3v) is 4.73. The molecule has 2 aromatic carbocycles. The summed E-state index contributed by atoms with van der Waals surface area (Å²) in [5, 5.41) is 9.30. The molecule has 0 aliphatic heterocycles. The zero-order valence-electron chi connectivity index (χ0n) is 14.3. The maximum atomic E-state index is 9.30. The lowest BCUT2D eigenvalue weighted by Crippen LogP contribution is -2.10. The number of aromatic nitrogens is 2. The van der Waals surface area contributed by atoms with Crippen LogP contribution in [-0.4, -0.2) is 9.55 Å². The number of imidazole rings is 1. The average Bonchev–Trinajstić information content (AvgIpc) is 3.05. The Kier molecular flexibility index (Phi) is 4.48. The smallest absolute Gasteiger partial charge is 0.116 e. The highest BCUT2D eigenvalue weighted by Crippen LogP contribution is 2.27. The Morgan fingerprint density at radius 1 is 1.12 bits per heavy atom. The minimum atomic E-state index is 0.203. The predicted molar refractivity (Wildman–Crippen MR) is 95.9 cm³/mol. The van der Waals surface area contributed by atoms with Crippen LogP contribution in [0.4, 0.5) is 0 Å². The van der Waals surface area contributed by atoms with Gasteiger partial charge in [0, 0.05) is 18.3 Å². The fourth-order valence-electron chi connectivity index (χ4n) is 3.17. The van der Waals surface area contributed by atoms with Crippen LogP contribution in [0.15, 0.2) is 54.9 Å². The number of nitriles is 1. The van der Waals surface area contributed by atoms with E-state index in [2.05, 4.69) is 54.6 Å². The van der Waals surface area contributed by atoms with Crippen molar-refractivity contribution in [2.75, 3.05) is 0 Å². The van der Waals surface area contributed by atoms with Crippen LogP contribution in [0.25, 0.3) is 0 Å². The Morgan fingerprint density at radius 2 is 1.92 bits per heavy atom. The van der Waals surface area contributed by atoms with E-state index in [1.165, 1.54) is 16.7 Å². The first-order valence-electron chi connectivity index (χ1n) is 8.17. The molecule has 1 atom stereocenters. The lowest BCUT2D eigenvalue weighted by molar-refractivity contribution is 0.686. The van der Waals surface area contributed by atoms with Crippen molar-refractivity contribution >= 4 is 0 Å². The van der Waals surface area contributed by atoms with Gasteiger partial charge < -0.3 is 4.57 Å². The highest BCUT2D eigenvalue weighted by Gasteiger charge is 2.17. The van der Waals surface area contributed by atoms with Crippen LogP contribution in [0.5, 0.6) is 0 Å². The molecule has 0 saturated heterocycles. The van der Waals surface area contributed by atoms with E-state index in [9.17, 15) is 5.26 Å². The van der Waals surface area contributed by atoms with Gasteiger partial charge in [0.25, 0.3) is 0 Å². The van der Waals surface area contributed by atoms with Gasteiger partial charge in [-0.15, -0.1) is 0 Å². The molecule has 3 aromatic rings. The van der Waals surface area contributed by atoms with E-state index in [4.69, 9.17) is 0 Å². The molecule has 0 aliphatic carbocycles. The first-order chi connectivity index (χ1) is 11.6. The molecule has 3 nitrogen and oxygen atoms in total. The fraction of sp³-hybridized carbons (Fsp3) is 0.238. The second kappa shape index (κ2) is 6.72. The van der Waals surface area contributed by atoms with Gasteiger partial charge in [-0.05, 0) is 42.2 Å². The van der Waals surface area contributed by atoms with E-state index in [0.29, 0.717) is 6.54 Å². The molecule has 0 amide bonds. The molecule has 0 radical (unpaired) electrons. The summed E-state index contributed by atoms with van der Waals surface area (Å²) in [6.45, 7) is 7.16. The Hall–Kier alpha value is -2.86. The summed E-state index contributed by atoms with van der Waals surface area (Å²) >= 11 is 0. The summed E-state index contributed by atoms with van der Waals surface area (Å²) in [4.78, 5) is 4.59. The number of benzene rings is 2. The molecule has 0 unspecified atom stereocenters. The van der Waals surface area contributed by atoms with E-state index < -0.39 is 0 Å². The number of aryl methyl sites for hydroxylation is 1. The summed E-state index contributed by atoms with van der Waals surface area (Å²) in [5.74, 6) is 1.23. The quantitative estimate of drug-likeness (QED) is 0.707. The fourth-order valence-corrected chi connectivity index (χ4v) is 3.17. The first-order valence-corrected chi connectivity index (χ1v) is 8.17. The highest BCUT2D eigenvalue weighted by molar-refractivity contribution is 5.39. The van der Waals surface area contributed by atoms with E-state index >= 15 is 0 Å². The molecule has 0 fully saturated rings. The van der Waals surface area contributed by atoms with E-state index in [1.807, 2.05) is 36.7 Å².